The van der Waals surface area contributed by atoms with Crippen LogP contribution >= 0.6 is 0 Å². The third kappa shape index (κ3) is 2.60. The van der Waals surface area contributed by atoms with Gasteiger partial charge in [0.25, 0.3) is 5.91 Å². The lowest BCUT2D eigenvalue weighted by molar-refractivity contribution is 0.0724. The number of carbonyl (C=O) groups is 1. The molecule has 1 heterocycles. The summed E-state index contributed by atoms with van der Waals surface area (Å²) in [5.74, 6) is 0.176. The summed E-state index contributed by atoms with van der Waals surface area (Å²) in [5.41, 5.74) is 3.01. The molecule has 1 aromatic carbocycles. The van der Waals surface area contributed by atoms with Gasteiger partial charge in [0.05, 0.1) is 0 Å². The van der Waals surface area contributed by atoms with Crippen molar-refractivity contribution < 1.29 is 4.79 Å². The van der Waals surface area contributed by atoms with Crippen molar-refractivity contribution in [2.24, 2.45) is 0 Å². The van der Waals surface area contributed by atoms with Crippen molar-refractivity contribution in [3.63, 3.8) is 0 Å². The van der Waals surface area contributed by atoms with Crippen LogP contribution in [-0.4, -0.2) is 30.9 Å². The molecule has 1 amide bonds. The number of aryl methyl sites for hydroxylation is 1. The highest BCUT2D eigenvalue weighted by atomic mass is 16.2. The molecule has 1 saturated heterocycles. The molecule has 0 aliphatic carbocycles. The maximum atomic E-state index is 12.3. The Morgan fingerprint density at radius 3 is 2.53 bits per heavy atom. The van der Waals surface area contributed by atoms with Crippen LogP contribution in [0.1, 0.15) is 35.2 Å². The van der Waals surface area contributed by atoms with Gasteiger partial charge < -0.3 is 10.2 Å². The summed E-state index contributed by atoms with van der Waals surface area (Å²) in [6.07, 6.45) is 3.53. The first-order chi connectivity index (χ1) is 8.22. The zero-order chi connectivity index (χ0) is 12.3. The van der Waals surface area contributed by atoms with Gasteiger partial charge in [-0.25, -0.2) is 0 Å². The molecule has 0 aromatic heterocycles. The standard InChI is InChI=1S/C14H20N2O/c1-11-10-12(6-7-13(11)15-2)14(17)16-8-4-3-5-9-16/h6-7,10,15H,3-5,8-9H2,1-2H3. The first-order valence-electron chi connectivity index (χ1n) is 6.30. The lowest BCUT2D eigenvalue weighted by Gasteiger charge is -2.27. The number of likely N-dealkylation sites (tertiary alicyclic amines) is 1. The Labute approximate surface area is 103 Å². The van der Waals surface area contributed by atoms with Crippen LogP contribution in [0.15, 0.2) is 18.2 Å². The van der Waals surface area contributed by atoms with Crippen molar-refractivity contribution in [3.05, 3.63) is 29.3 Å². The minimum absolute atomic E-state index is 0.176. The Balaban J connectivity index is 2.16. The molecule has 0 radical (unpaired) electrons. The van der Waals surface area contributed by atoms with Crippen molar-refractivity contribution >= 4 is 11.6 Å². The van der Waals surface area contributed by atoms with Gasteiger partial charge in [0, 0.05) is 31.4 Å². The highest BCUT2D eigenvalue weighted by molar-refractivity contribution is 5.95. The number of hydrogen-bond donors (Lipinski definition) is 1. The van der Waals surface area contributed by atoms with Crippen LogP contribution < -0.4 is 5.32 Å². The van der Waals surface area contributed by atoms with Gasteiger partial charge in [-0.2, -0.15) is 0 Å². The summed E-state index contributed by atoms with van der Waals surface area (Å²) in [5, 5.41) is 3.12. The lowest BCUT2D eigenvalue weighted by Crippen LogP contribution is -2.35. The highest BCUT2D eigenvalue weighted by Crippen LogP contribution is 2.18. The van der Waals surface area contributed by atoms with Crippen LogP contribution in [-0.2, 0) is 0 Å². The maximum Gasteiger partial charge on any atom is 0.253 e. The fraction of sp³-hybridized carbons (Fsp3) is 0.500. The molecule has 1 aliphatic heterocycles. The number of amides is 1. The third-order valence-electron chi connectivity index (χ3n) is 3.39. The molecule has 1 aromatic rings. The third-order valence-corrected chi connectivity index (χ3v) is 3.39. The van der Waals surface area contributed by atoms with E-state index in [1.807, 2.05) is 37.1 Å². The smallest absolute Gasteiger partial charge is 0.253 e. The lowest BCUT2D eigenvalue weighted by atomic mass is 10.1. The van der Waals surface area contributed by atoms with Gasteiger partial charge in [0.2, 0.25) is 0 Å². The van der Waals surface area contributed by atoms with E-state index in [-0.39, 0.29) is 5.91 Å². The summed E-state index contributed by atoms with van der Waals surface area (Å²) >= 11 is 0. The zero-order valence-electron chi connectivity index (χ0n) is 10.6. The molecule has 0 spiro atoms. The predicted octanol–water partition coefficient (Wildman–Crippen LogP) is 2.66. The van der Waals surface area contributed by atoms with E-state index in [0.717, 1.165) is 42.7 Å². The number of nitrogens with zero attached hydrogens (tertiary/aromatic N) is 1. The largest absolute Gasteiger partial charge is 0.388 e. The summed E-state index contributed by atoms with van der Waals surface area (Å²) in [4.78, 5) is 14.2. The second-order valence-corrected chi connectivity index (χ2v) is 4.63. The molecule has 0 atom stereocenters. The van der Waals surface area contributed by atoms with E-state index in [1.54, 1.807) is 0 Å². The fourth-order valence-electron chi connectivity index (χ4n) is 2.36. The topological polar surface area (TPSA) is 32.3 Å². The molecule has 17 heavy (non-hydrogen) atoms. The van der Waals surface area contributed by atoms with Gasteiger partial charge >= 0.3 is 0 Å². The number of carbonyl (C=O) groups excluding carboxylic acids is 1. The maximum absolute atomic E-state index is 12.3. The minimum atomic E-state index is 0.176. The summed E-state index contributed by atoms with van der Waals surface area (Å²) in [6, 6.07) is 5.87. The van der Waals surface area contributed by atoms with Crippen LogP contribution in [0, 0.1) is 6.92 Å². The number of hydrogen-bond acceptors (Lipinski definition) is 2. The van der Waals surface area contributed by atoms with Crippen LogP contribution in [0.4, 0.5) is 5.69 Å². The second-order valence-electron chi connectivity index (χ2n) is 4.63. The fourth-order valence-corrected chi connectivity index (χ4v) is 2.36. The number of piperidine rings is 1. The molecular weight excluding hydrogens is 212 g/mol. The van der Waals surface area contributed by atoms with E-state index < -0.39 is 0 Å². The summed E-state index contributed by atoms with van der Waals surface area (Å²) in [7, 11) is 1.90. The molecule has 1 N–H and O–H groups in total. The number of rotatable bonds is 2. The molecule has 3 nitrogen and oxygen atoms in total. The Morgan fingerprint density at radius 2 is 1.94 bits per heavy atom. The second kappa shape index (κ2) is 5.21. The molecule has 0 bridgehead atoms. The van der Waals surface area contributed by atoms with Gasteiger partial charge in [-0.1, -0.05) is 0 Å². The van der Waals surface area contributed by atoms with Crippen LogP contribution in [0.5, 0.6) is 0 Å². The Kier molecular flexibility index (Phi) is 3.67. The Bertz CT molecular complexity index is 409. The molecular formula is C14H20N2O. The van der Waals surface area contributed by atoms with Crippen molar-refractivity contribution in [2.45, 2.75) is 26.2 Å². The number of benzene rings is 1. The molecule has 0 unspecified atom stereocenters. The minimum Gasteiger partial charge on any atom is -0.388 e. The van der Waals surface area contributed by atoms with Crippen molar-refractivity contribution in [1.29, 1.82) is 0 Å². The van der Waals surface area contributed by atoms with Crippen LogP contribution in [0.3, 0.4) is 0 Å². The van der Waals surface area contributed by atoms with Crippen LogP contribution in [0.2, 0.25) is 0 Å². The normalized spacial score (nSPS) is 15.8. The Hall–Kier alpha value is -1.51. The van der Waals surface area contributed by atoms with Crippen molar-refractivity contribution in [3.8, 4) is 0 Å². The zero-order valence-corrected chi connectivity index (χ0v) is 10.6. The Morgan fingerprint density at radius 1 is 1.24 bits per heavy atom. The van der Waals surface area contributed by atoms with Gasteiger partial charge in [-0.15, -0.1) is 0 Å². The van der Waals surface area contributed by atoms with E-state index in [2.05, 4.69) is 5.32 Å². The molecule has 92 valence electrons. The van der Waals surface area contributed by atoms with E-state index in [4.69, 9.17) is 0 Å². The summed E-state index contributed by atoms with van der Waals surface area (Å²) in [6.45, 7) is 3.84. The molecule has 1 aliphatic rings. The van der Waals surface area contributed by atoms with Gasteiger partial charge in [-0.3, -0.25) is 4.79 Å². The van der Waals surface area contributed by atoms with Crippen molar-refractivity contribution in [2.75, 3.05) is 25.5 Å². The molecule has 1 fully saturated rings. The van der Waals surface area contributed by atoms with E-state index in [0.29, 0.717) is 0 Å². The monoisotopic (exact) mass is 232 g/mol. The van der Waals surface area contributed by atoms with E-state index >= 15 is 0 Å². The quantitative estimate of drug-likeness (QED) is 0.850. The van der Waals surface area contributed by atoms with E-state index in [9.17, 15) is 4.79 Å². The van der Waals surface area contributed by atoms with Gasteiger partial charge in [0.1, 0.15) is 0 Å². The molecule has 2 rings (SSSR count). The molecule has 3 heteroatoms. The van der Waals surface area contributed by atoms with Crippen molar-refractivity contribution in [1.82, 2.24) is 4.90 Å². The van der Waals surface area contributed by atoms with Crippen LogP contribution in [0.25, 0.3) is 0 Å². The average molecular weight is 232 g/mol. The van der Waals surface area contributed by atoms with Gasteiger partial charge in [0.15, 0.2) is 0 Å². The molecule has 0 saturated carbocycles. The number of nitrogens with one attached hydrogen (secondary N) is 1. The highest BCUT2D eigenvalue weighted by Gasteiger charge is 2.18. The SMILES string of the molecule is CNc1ccc(C(=O)N2CCCCC2)cc1C. The predicted molar refractivity (Wildman–Crippen MR) is 70.5 cm³/mol. The number of anilines is 1. The van der Waals surface area contributed by atoms with Gasteiger partial charge in [-0.05, 0) is 49.9 Å². The summed E-state index contributed by atoms with van der Waals surface area (Å²) < 4.78 is 0. The average Bonchev–Trinajstić information content (AvgIpc) is 2.39. The first kappa shape index (κ1) is 12.0. The van der Waals surface area contributed by atoms with E-state index in [1.165, 1.54) is 6.42 Å². The first-order valence-corrected chi connectivity index (χ1v) is 6.30.